The topological polar surface area (TPSA) is 102 Å². The number of nitrogens with two attached hydrogens (primary N) is 1. The summed E-state index contributed by atoms with van der Waals surface area (Å²) in [5.41, 5.74) is 7.27. The van der Waals surface area contributed by atoms with Gasteiger partial charge in [-0.05, 0) is 30.4 Å². The standard InChI is InChI=1S/C22H25N3O3/c23-20(26)16-19(22(28)24-15-14-18-10-5-2-6-11-18)25-21(27)13-7-12-17-8-3-1-4-9-17/h1-6,8-11H,7,12-16H2,(H2,23,26)(H,24,28)/b25-19+. The highest BCUT2D eigenvalue weighted by Crippen LogP contribution is 2.06. The number of nitrogens with zero attached hydrogens (tertiary/aromatic N) is 1. The fourth-order valence-electron chi connectivity index (χ4n) is 2.70. The molecule has 0 saturated heterocycles. The molecule has 2 aromatic rings. The number of amides is 3. The van der Waals surface area contributed by atoms with E-state index in [0.717, 1.165) is 17.5 Å². The van der Waals surface area contributed by atoms with Crippen molar-refractivity contribution < 1.29 is 14.4 Å². The van der Waals surface area contributed by atoms with Crippen molar-refractivity contribution in [3.05, 3.63) is 71.8 Å². The summed E-state index contributed by atoms with van der Waals surface area (Å²) in [6, 6.07) is 19.5. The highest BCUT2D eigenvalue weighted by Gasteiger charge is 2.16. The first kappa shape index (κ1) is 21.0. The summed E-state index contributed by atoms with van der Waals surface area (Å²) in [5, 5.41) is 2.69. The van der Waals surface area contributed by atoms with Gasteiger partial charge in [-0.2, -0.15) is 0 Å². The minimum atomic E-state index is -0.700. The van der Waals surface area contributed by atoms with Gasteiger partial charge in [-0.1, -0.05) is 60.7 Å². The maximum absolute atomic E-state index is 12.3. The number of primary amides is 1. The zero-order valence-corrected chi connectivity index (χ0v) is 15.8. The molecular weight excluding hydrogens is 354 g/mol. The molecule has 28 heavy (non-hydrogen) atoms. The Bertz CT molecular complexity index is 817. The number of aliphatic imine (C=N–C) groups is 1. The van der Waals surface area contributed by atoms with Crippen LogP contribution < -0.4 is 11.1 Å². The SMILES string of the molecule is NC(=O)C/C(=N\C(=O)CCCc1ccccc1)C(=O)NCCc1ccccc1. The number of hydrogen-bond donors (Lipinski definition) is 2. The van der Waals surface area contributed by atoms with Crippen molar-refractivity contribution in [2.45, 2.75) is 32.1 Å². The van der Waals surface area contributed by atoms with E-state index in [0.29, 0.717) is 19.4 Å². The fourth-order valence-corrected chi connectivity index (χ4v) is 2.70. The van der Waals surface area contributed by atoms with Crippen LogP contribution in [0.25, 0.3) is 0 Å². The molecule has 0 aliphatic rings. The highest BCUT2D eigenvalue weighted by molar-refractivity contribution is 6.43. The van der Waals surface area contributed by atoms with Crippen molar-refractivity contribution in [3.63, 3.8) is 0 Å². The molecule has 0 bridgehead atoms. The number of carbonyl (C=O) groups is 3. The van der Waals surface area contributed by atoms with E-state index < -0.39 is 17.7 Å². The molecule has 0 fully saturated rings. The number of benzene rings is 2. The fraction of sp³-hybridized carbons (Fsp3) is 0.273. The predicted octanol–water partition coefficient (Wildman–Crippen LogP) is 2.21. The Balaban J connectivity index is 1.86. The molecule has 0 heterocycles. The minimum absolute atomic E-state index is 0.134. The molecule has 0 saturated carbocycles. The Hall–Kier alpha value is -3.28. The molecule has 146 valence electrons. The third-order valence-electron chi connectivity index (χ3n) is 4.10. The van der Waals surface area contributed by atoms with Gasteiger partial charge < -0.3 is 11.1 Å². The van der Waals surface area contributed by atoms with Crippen molar-refractivity contribution in [2.75, 3.05) is 6.54 Å². The van der Waals surface area contributed by atoms with E-state index in [4.69, 9.17) is 5.73 Å². The van der Waals surface area contributed by atoms with Gasteiger partial charge in [0.1, 0.15) is 5.71 Å². The first-order chi connectivity index (χ1) is 13.5. The molecule has 3 N–H and O–H groups in total. The summed E-state index contributed by atoms with van der Waals surface area (Å²) >= 11 is 0. The maximum atomic E-state index is 12.3. The second kappa shape index (κ2) is 11.4. The quantitative estimate of drug-likeness (QED) is 0.619. The van der Waals surface area contributed by atoms with E-state index in [1.807, 2.05) is 60.7 Å². The van der Waals surface area contributed by atoms with Crippen LogP contribution in [-0.2, 0) is 27.2 Å². The molecule has 0 unspecified atom stereocenters. The molecule has 0 aliphatic heterocycles. The van der Waals surface area contributed by atoms with Crippen LogP contribution in [0.3, 0.4) is 0 Å². The van der Waals surface area contributed by atoms with Crippen molar-refractivity contribution in [2.24, 2.45) is 10.7 Å². The number of carbonyl (C=O) groups excluding carboxylic acids is 3. The van der Waals surface area contributed by atoms with Crippen LogP contribution in [0.4, 0.5) is 0 Å². The van der Waals surface area contributed by atoms with E-state index in [2.05, 4.69) is 10.3 Å². The van der Waals surface area contributed by atoms with Crippen molar-refractivity contribution in [1.29, 1.82) is 0 Å². The van der Waals surface area contributed by atoms with Gasteiger partial charge in [0.05, 0.1) is 6.42 Å². The smallest absolute Gasteiger partial charge is 0.266 e. The largest absolute Gasteiger partial charge is 0.369 e. The Morgan fingerprint density at radius 2 is 1.43 bits per heavy atom. The molecule has 6 heteroatoms. The summed E-state index contributed by atoms with van der Waals surface area (Å²) in [6.07, 6.45) is 1.85. The third kappa shape index (κ3) is 7.95. The molecule has 0 atom stereocenters. The summed E-state index contributed by atoms with van der Waals surface area (Å²) in [5.74, 6) is -1.66. The molecule has 0 spiro atoms. The predicted molar refractivity (Wildman–Crippen MR) is 109 cm³/mol. The summed E-state index contributed by atoms with van der Waals surface area (Å²) in [4.78, 5) is 39.5. The Morgan fingerprint density at radius 3 is 2.00 bits per heavy atom. The lowest BCUT2D eigenvalue weighted by Gasteiger charge is -2.07. The number of aryl methyl sites for hydroxylation is 1. The summed E-state index contributed by atoms with van der Waals surface area (Å²) in [7, 11) is 0. The number of nitrogens with one attached hydrogen (secondary N) is 1. The molecule has 6 nitrogen and oxygen atoms in total. The van der Waals surface area contributed by atoms with Crippen LogP contribution in [0.1, 0.15) is 30.4 Å². The lowest BCUT2D eigenvalue weighted by molar-refractivity contribution is -0.119. The third-order valence-corrected chi connectivity index (χ3v) is 4.10. The van der Waals surface area contributed by atoms with Gasteiger partial charge >= 0.3 is 0 Å². The van der Waals surface area contributed by atoms with Gasteiger partial charge in [-0.3, -0.25) is 14.4 Å². The lowest BCUT2D eigenvalue weighted by atomic mass is 10.1. The Morgan fingerprint density at radius 1 is 0.857 bits per heavy atom. The summed E-state index contributed by atoms with van der Waals surface area (Å²) < 4.78 is 0. The van der Waals surface area contributed by atoms with Crippen LogP contribution in [0.15, 0.2) is 65.7 Å². The van der Waals surface area contributed by atoms with Gasteiger partial charge in [-0.15, -0.1) is 0 Å². The second-order valence-electron chi connectivity index (χ2n) is 6.43. The molecular formula is C22H25N3O3. The van der Waals surface area contributed by atoms with Gasteiger partial charge in [-0.25, -0.2) is 4.99 Å². The van der Waals surface area contributed by atoms with E-state index in [1.165, 1.54) is 0 Å². The molecule has 0 aromatic heterocycles. The van der Waals surface area contributed by atoms with Crippen LogP contribution in [-0.4, -0.2) is 30.0 Å². The minimum Gasteiger partial charge on any atom is -0.369 e. The molecule has 2 rings (SSSR count). The molecule has 2 aromatic carbocycles. The van der Waals surface area contributed by atoms with Crippen molar-refractivity contribution in [3.8, 4) is 0 Å². The van der Waals surface area contributed by atoms with Crippen LogP contribution in [0, 0.1) is 0 Å². The Labute approximate surface area is 164 Å². The monoisotopic (exact) mass is 379 g/mol. The zero-order valence-electron chi connectivity index (χ0n) is 15.8. The molecule has 0 radical (unpaired) electrons. The van der Waals surface area contributed by atoms with Crippen molar-refractivity contribution in [1.82, 2.24) is 5.32 Å². The van der Waals surface area contributed by atoms with E-state index in [9.17, 15) is 14.4 Å². The van der Waals surface area contributed by atoms with Crippen LogP contribution in [0.2, 0.25) is 0 Å². The van der Waals surface area contributed by atoms with Crippen molar-refractivity contribution >= 4 is 23.4 Å². The van der Waals surface area contributed by atoms with E-state index in [1.54, 1.807) is 0 Å². The Kier molecular flexibility index (Phi) is 8.59. The van der Waals surface area contributed by atoms with E-state index >= 15 is 0 Å². The average Bonchev–Trinajstić information content (AvgIpc) is 2.68. The number of rotatable bonds is 10. The lowest BCUT2D eigenvalue weighted by Crippen LogP contribution is -2.35. The second-order valence-corrected chi connectivity index (χ2v) is 6.43. The first-order valence-electron chi connectivity index (χ1n) is 9.29. The van der Waals surface area contributed by atoms with Crippen LogP contribution >= 0.6 is 0 Å². The molecule has 3 amide bonds. The normalized spacial score (nSPS) is 11.1. The number of hydrogen-bond acceptors (Lipinski definition) is 3. The average molecular weight is 379 g/mol. The van der Waals surface area contributed by atoms with Gasteiger partial charge in [0.15, 0.2) is 0 Å². The van der Waals surface area contributed by atoms with Crippen LogP contribution in [0.5, 0.6) is 0 Å². The highest BCUT2D eigenvalue weighted by atomic mass is 16.2. The van der Waals surface area contributed by atoms with E-state index in [-0.39, 0.29) is 18.6 Å². The van der Waals surface area contributed by atoms with Gasteiger partial charge in [0, 0.05) is 13.0 Å². The molecule has 0 aliphatic carbocycles. The zero-order chi connectivity index (χ0) is 20.2. The van der Waals surface area contributed by atoms with Gasteiger partial charge in [0.25, 0.3) is 5.91 Å². The maximum Gasteiger partial charge on any atom is 0.266 e. The summed E-state index contributed by atoms with van der Waals surface area (Å²) in [6.45, 7) is 0.378. The first-order valence-corrected chi connectivity index (χ1v) is 9.29. The van der Waals surface area contributed by atoms with Gasteiger partial charge in [0.2, 0.25) is 11.8 Å².